The molecule has 2 heterocycles. The summed E-state index contributed by atoms with van der Waals surface area (Å²) in [5.74, 6) is 0.605. The third kappa shape index (κ3) is 4.20. The smallest absolute Gasteiger partial charge is 0.137 e. The average Bonchev–Trinajstić information content (AvgIpc) is 3.26. The number of nitriles is 1. The summed E-state index contributed by atoms with van der Waals surface area (Å²) >= 11 is 0. The molecule has 4 atom stereocenters. The van der Waals surface area contributed by atoms with E-state index in [1.807, 2.05) is 4.68 Å². The van der Waals surface area contributed by atoms with E-state index in [-0.39, 0.29) is 6.04 Å². The fourth-order valence-electron chi connectivity index (χ4n) is 3.36. The van der Waals surface area contributed by atoms with E-state index in [4.69, 9.17) is 5.26 Å². The van der Waals surface area contributed by atoms with E-state index in [0.717, 1.165) is 25.8 Å². The second kappa shape index (κ2) is 7.42. The number of hydrogen-bond acceptors (Lipinski definition) is 6. The maximum Gasteiger partial charge on any atom is 0.137 e. The minimum Gasteiger partial charge on any atom is -0.357 e. The molecule has 0 bridgehead atoms. The van der Waals surface area contributed by atoms with Crippen molar-refractivity contribution in [3.63, 3.8) is 0 Å². The van der Waals surface area contributed by atoms with E-state index < -0.39 is 6.17 Å². The highest BCUT2D eigenvalue weighted by Gasteiger charge is 2.29. The van der Waals surface area contributed by atoms with Crippen LogP contribution in [-0.2, 0) is 6.54 Å². The molecule has 23 heavy (non-hydrogen) atoms. The number of nitrogens with zero attached hydrogens (tertiary/aromatic N) is 5. The van der Waals surface area contributed by atoms with Gasteiger partial charge in [-0.1, -0.05) is 0 Å². The molecule has 0 unspecified atom stereocenters. The zero-order valence-electron chi connectivity index (χ0n) is 13.0. The van der Waals surface area contributed by atoms with Crippen LogP contribution in [0.3, 0.4) is 0 Å². The van der Waals surface area contributed by atoms with Gasteiger partial charge >= 0.3 is 0 Å². The summed E-state index contributed by atoms with van der Waals surface area (Å²) in [5, 5.41) is 13.1. The number of rotatable bonds is 6. The molecule has 1 saturated carbocycles. The van der Waals surface area contributed by atoms with Gasteiger partial charge in [0.1, 0.15) is 24.9 Å². The van der Waals surface area contributed by atoms with Crippen LogP contribution < -0.4 is 10.9 Å². The predicted molar refractivity (Wildman–Crippen MR) is 82.2 cm³/mol. The molecule has 8 heteroatoms. The van der Waals surface area contributed by atoms with Gasteiger partial charge in [-0.15, -0.1) is 0 Å². The highest BCUT2D eigenvalue weighted by molar-refractivity contribution is 5.03. The normalized spacial score (nSPS) is 30.9. The van der Waals surface area contributed by atoms with Crippen molar-refractivity contribution in [3.8, 4) is 6.07 Å². The Balaban J connectivity index is 1.36. The van der Waals surface area contributed by atoms with Crippen molar-refractivity contribution in [1.82, 2.24) is 30.5 Å². The largest absolute Gasteiger partial charge is 0.357 e. The molecule has 2 fully saturated rings. The van der Waals surface area contributed by atoms with Gasteiger partial charge in [-0.25, -0.2) is 14.8 Å². The Bertz CT molecular complexity index is 553. The van der Waals surface area contributed by atoms with Crippen LogP contribution in [0.5, 0.6) is 0 Å². The van der Waals surface area contributed by atoms with Crippen LogP contribution in [-0.4, -0.2) is 44.5 Å². The molecule has 1 aliphatic heterocycles. The Hall–Kier alpha value is -2.14. The summed E-state index contributed by atoms with van der Waals surface area (Å²) in [7, 11) is 0. The molecule has 1 saturated heterocycles. The van der Waals surface area contributed by atoms with Gasteiger partial charge in [0.15, 0.2) is 0 Å². The molecule has 124 valence electrons. The van der Waals surface area contributed by atoms with E-state index in [2.05, 4.69) is 27.0 Å². The molecular formula is C15H22FN7. The van der Waals surface area contributed by atoms with Crippen molar-refractivity contribution in [2.24, 2.45) is 5.92 Å². The van der Waals surface area contributed by atoms with Gasteiger partial charge in [0, 0.05) is 31.4 Å². The molecule has 0 aromatic carbocycles. The molecule has 0 spiro atoms. The minimum absolute atomic E-state index is 0.291. The van der Waals surface area contributed by atoms with E-state index in [9.17, 15) is 4.39 Å². The third-order valence-corrected chi connectivity index (χ3v) is 4.53. The zero-order chi connectivity index (χ0) is 16.1. The van der Waals surface area contributed by atoms with Crippen molar-refractivity contribution in [3.05, 3.63) is 25.1 Å². The first-order valence-electron chi connectivity index (χ1n) is 8.04. The van der Waals surface area contributed by atoms with Gasteiger partial charge in [0.25, 0.3) is 0 Å². The second-order valence-electron chi connectivity index (χ2n) is 6.27. The van der Waals surface area contributed by atoms with Gasteiger partial charge in [0.2, 0.25) is 0 Å². The molecular weight excluding hydrogens is 297 g/mol. The average molecular weight is 319 g/mol. The highest BCUT2D eigenvalue weighted by Crippen LogP contribution is 2.26. The van der Waals surface area contributed by atoms with E-state index in [1.54, 1.807) is 30.0 Å². The van der Waals surface area contributed by atoms with Gasteiger partial charge in [-0.05, 0) is 25.2 Å². The monoisotopic (exact) mass is 319 g/mol. The van der Waals surface area contributed by atoms with Crippen LogP contribution in [0, 0.1) is 17.2 Å². The summed E-state index contributed by atoms with van der Waals surface area (Å²) in [4.78, 5) is 5.70. The SMILES string of the molecule is N#C[C@@H]1C[C@H](F)CN1C=CNN[C@@H]1CC[C@H](Cn2cncn2)C1. The highest BCUT2D eigenvalue weighted by atomic mass is 19.1. The third-order valence-electron chi connectivity index (χ3n) is 4.53. The fraction of sp³-hybridized carbons (Fsp3) is 0.667. The van der Waals surface area contributed by atoms with Gasteiger partial charge < -0.3 is 10.3 Å². The maximum absolute atomic E-state index is 13.3. The standard InChI is InChI=1S/C15H22FN7/c16-13-6-15(7-17)22(9-13)4-3-19-21-14-2-1-12(5-14)8-23-11-18-10-20-23/h3-4,10-15,19,21H,1-2,5-6,8-9H2/t12-,13-,14+,15-/m0/s1. The van der Waals surface area contributed by atoms with Crippen molar-refractivity contribution in [1.29, 1.82) is 5.26 Å². The quantitative estimate of drug-likeness (QED) is 0.760. The Morgan fingerprint density at radius 1 is 1.39 bits per heavy atom. The Morgan fingerprint density at radius 3 is 3.09 bits per heavy atom. The second-order valence-corrected chi connectivity index (χ2v) is 6.27. The lowest BCUT2D eigenvalue weighted by Crippen LogP contribution is -2.36. The summed E-state index contributed by atoms with van der Waals surface area (Å²) in [5.41, 5.74) is 6.33. The Labute approximate surface area is 135 Å². The number of alkyl halides is 1. The summed E-state index contributed by atoms with van der Waals surface area (Å²) in [6.45, 7) is 1.20. The van der Waals surface area contributed by atoms with E-state index in [1.165, 1.54) is 0 Å². The zero-order valence-corrected chi connectivity index (χ0v) is 13.0. The van der Waals surface area contributed by atoms with Crippen molar-refractivity contribution < 1.29 is 4.39 Å². The lowest BCUT2D eigenvalue weighted by Gasteiger charge is -2.17. The van der Waals surface area contributed by atoms with Crippen LogP contribution >= 0.6 is 0 Å². The van der Waals surface area contributed by atoms with Gasteiger partial charge in [-0.2, -0.15) is 10.4 Å². The first kappa shape index (κ1) is 15.7. The molecule has 3 rings (SSSR count). The Kier molecular flexibility index (Phi) is 5.08. The molecule has 2 N–H and O–H groups in total. The number of hydrogen-bond donors (Lipinski definition) is 2. The first-order valence-corrected chi connectivity index (χ1v) is 8.04. The van der Waals surface area contributed by atoms with Gasteiger partial charge in [0.05, 0.1) is 12.6 Å². The van der Waals surface area contributed by atoms with Crippen LogP contribution in [0.1, 0.15) is 25.7 Å². The lowest BCUT2D eigenvalue weighted by molar-refractivity contribution is 0.330. The molecule has 7 nitrogen and oxygen atoms in total. The molecule has 2 aliphatic rings. The number of halogens is 1. The van der Waals surface area contributed by atoms with Gasteiger partial charge in [-0.3, -0.25) is 4.68 Å². The summed E-state index contributed by atoms with van der Waals surface area (Å²) in [6.07, 6.45) is 9.54. The number of nitrogens with one attached hydrogen (secondary N) is 2. The van der Waals surface area contributed by atoms with Crippen molar-refractivity contribution in [2.75, 3.05) is 6.54 Å². The molecule has 1 aromatic rings. The fourth-order valence-corrected chi connectivity index (χ4v) is 3.36. The molecule has 0 amide bonds. The van der Waals surface area contributed by atoms with Crippen LogP contribution in [0.15, 0.2) is 25.1 Å². The first-order chi connectivity index (χ1) is 11.2. The molecule has 1 aliphatic carbocycles. The summed E-state index contributed by atoms with van der Waals surface area (Å²) in [6, 6.07) is 2.18. The number of likely N-dealkylation sites (tertiary alicyclic amines) is 1. The van der Waals surface area contributed by atoms with Crippen LogP contribution in [0.25, 0.3) is 0 Å². The number of hydrazine groups is 1. The lowest BCUT2D eigenvalue weighted by atomic mass is 10.1. The predicted octanol–water partition coefficient (Wildman–Crippen LogP) is 0.948. The van der Waals surface area contributed by atoms with Crippen molar-refractivity contribution in [2.45, 2.75) is 50.5 Å². The van der Waals surface area contributed by atoms with Crippen molar-refractivity contribution >= 4 is 0 Å². The van der Waals surface area contributed by atoms with Crippen LogP contribution in [0.4, 0.5) is 4.39 Å². The summed E-state index contributed by atoms with van der Waals surface area (Å²) < 4.78 is 15.2. The molecule has 0 radical (unpaired) electrons. The number of aromatic nitrogens is 3. The Morgan fingerprint density at radius 2 is 2.30 bits per heavy atom. The van der Waals surface area contributed by atoms with E-state index >= 15 is 0 Å². The molecule has 1 aromatic heterocycles. The topological polar surface area (TPSA) is 81.8 Å². The maximum atomic E-state index is 13.3. The minimum atomic E-state index is -0.912. The van der Waals surface area contributed by atoms with E-state index in [0.29, 0.717) is 24.9 Å². The van der Waals surface area contributed by atoms with Crippen LogP contribution in [0.2, 0.25) is 0 Å².